The molecule has 2 aromatic rings. The van der Waals surface area contributed by atoms with Crippen LogP contribution in [-0.2, 0) is 16.4 Å². The maximum atomic E-state index is 11.3. The summed E-state index contributed by atoms with van der Waals surface area (Å²) < 4.78 is 22.5. The lowest BCUT2D eigenvalue weighted by Crippen LogP contribution is -2.21. The van der Waals surface area contributed by atoms with Crippen LogP contribution in [0.3, 0.4) is 0 Å². The van der Waals surface area contributed by atoms with Gasteiger partial charge in [0.1, 0.15) is 5.82 Å². The Morgan fingerprint density at radius 3 is 2.48 bits per heavy atom. The van der Waals surface area contributed by atoms with E-state index < -0.39 is 10.0 Å². The second-order valence-electron chi connectivity index (χ2n) is 6.25. The van der Waals surface area contributed by atoms with Gasteiger partial charge in [-0.3, -0.25) is 0 Å². The number of rotatable bonds is 6. The maximum absolute atomic E-state index is 11.3. The Balaban J connectivity index is 1.60. The number of nitrogens with two attached hydrogens (primary N) is 1. The van der Waals surface area contributed by atoms with Gasteiger partial charge in [0.15, 0.2) is 0 Å². The van der Waals surface area contributed by atoms with Crippen LogP contribution in [0.4, 0.5) is 11.8 Å². The monoisotopic (exact) mass is 361 g/mol. The molecule has 134 valence electrons. The first kappa shape index (κ1) is 17.6. The second-order valence-corrected chi connectivity index (χ2v) is 7.82. The molecule has 0 spiro atoms. The quantitative estimate of drug-likeness (QED) is 0.812. The molecule has 1 aromatic carbocycles. The molecular formula is C17H23N5O2S. The highest BCUT2D eigenvalue weighted by Crippen LogP contribution is 2.18. The molecule has 8 heteroatoms. The molecule has 0 bridgehead atoms. The van der Waals surface area contributed by atoms with Crippen LogP contribution in [0.1, 0.15) is 24.1 Å². The smallest absolute Gasteiger partial charge is 0.238 e. The fourth-order valence-electron chi connectivity index (χ4n) is 2.88. The van der Waals surface area contributed by atoms with Crippen molar-refractivity contribution in [3.05, 3.63) is 41.6 Å². The fourth-order valence-corrected chi connectivity index (χ4v) is 3.40. The minimum atomic E-state index is -3.64. The van der Waals surface area contributed by atoms with Gasteiger partial charge in [0.25, 0.3) is 0 Å². The summed E-state index contributed by atoms with van der Waals surface area (Å²) in [6, 6.07) is 8.56. The number of hydrogen-bond donors (Lipinski definition) is 2. The molecule has 2 heterocycles. The van der Waals surface area contributed by atoms with Crippen LogP contribution < -0.4 is 15.4 Å². The van der Waals surface area contributed by atoms with Gasteiger partial charge in [-0.2, -0.15) is 4.98 Å². The molecule has 0 aliphatic carbocycles. The zero-order valence-electron chi connectivity index (χ0n) is 14.3. The first-order valence-corrected chi connectivity index (χ1v) is 9.93. The zero-order valence-corrected chi connectivity index (χ0v) is 15.1. The van der Waals surface area contributed by atoms with E-state index in [2.05, 4.69) is 20.2 Å². The lowest BCUT2D eigenvalue weighted by atomic mass is 10.1. The van der Waals surface area contributed by atoms with E-state index in [1.54, 1.807) is 12.1 Å². The topological polar surface area (TPSA) is 101 Å². The fraction of sp³-hybridized carbons (Fsp3) is 0.412. The summed E-state index contributed by atoms with van der Waals surface area (Å²) in [5.74, 6) is 1.60. The second kappa shape index (κ2) is 7.37. The van der Waals surface area contributed by atoms with E-state index in [-0.39, 0.29) is 4.90 Å². The van der Waals surface area contributed by atoms with E-state index in [9.17, 15) is 8.42 Å². The number of hydrogen-bond acceptors (Lipinski definition) is 6. The maximum Gasteiger partial charge on any atom is 0.238 e. The molecule has 0 saturated carbocycles. The number of aryl methyl sites for hydroxylation is 1. The number of primary sulfonamides is 1. The number of aromatic nitrogens is 2. The number of nitrogens with zero attached hydrogens (tertiary/aromatic N) is 3. The molecule has 1 aliphatic heterocycles. The Bertz CT molecular complexity index is 831. The minimum Gasteiger partial charge on any atom is -0.370 e. The molecule has 25 heavy (non-hydrogen) atoms. The molecule has 0 amide bonds. The van der Waals surface area contributed by atoms with Crippen molar-refractivity contribution in [3.8, 4) is 0 Å². The average Bonchev–Trinajstić information content (AvgIpc) is 3.08. The molecule has 0 radical (unpaired) electrons. The van der Waals surface area contributed by atoms with E-state index >= 15 is 0 Å². The molecule has 3 rings (SSSR count). The molecule has 1 aliphatic rings. The largest absolute Gasteiger partial charge is 0.370 e. The van der Waals surface area contributed by atoms with Crippen molar-refractivity contribution in [2.75, 3.05) is 29.9 Å². The molecule has 1 aromatic heterocycles. The summed E-state index contributed by atoms with van der Waals surface area (Å²) in [7, 11) is -3.64. The van der Waals surface area contributed by atoms with Crippen LogP contribution in [0.5, 0.6) is 0 Å². The average molecular weight is 361 g/mol. The summed E-state index contributed by atoms with van der Waals surface area (Å²) in [6.45, 7) is 4.70. The molecule has 3 N–H and O–H groups in total. The highest BCUT2D eigenvalue weighted by Gasteiger charge is 2.15. The van der Waals surface area contributed by atoms with Crippen molar-refractivity contribution in [1.29, 1.82) is 0 Å². The summed E-state index contributed by atoms with van der Waals surface area (Å²) in [5, 5.41) is 8.43. The van der Waals surface area contributed by atoms with E-state index in [1.165, 1.54) is 25.0 Å². The van der Waals surface area contributed by atoms with Crippen molar-refractivity contribution in [3.63, 3.8) is 0 Å². The van der Waals surface area contributed by atoms with Crippen molar-refractivity contribution < 1.29 is 8.42 Å². The Labute approximate surface area is 148 Å². The van der Waals surface area contributed by atoms with Crippen molar-refractivity contribution in [2.24, 2.45) is 5.14 Å². The molecule has 0 atom stereocenters. The van der Waals surface area contributed by atoms with Gasteiger partial charge in [0.05, 0.1) is 4.90 Å². The first-order chi connectivity index (χ1) is 11.9. The zero-order chi connectivity index (χ0) is 17.9. The summed E-state index contributed by atoms with van der Waals surface area (Å²) in [6.07, 6.45) is 3.14. The third kappa shape index (κ3) is 4.67. The van der Waals surface area contributed by atoms with Gasteiger partial charge in [-0.05, 0) is 43.9 Å². The Morgan fingerprint density at radius 2 is 1.84 bits per heavy atom. The molecule has 1 saturated heterocycles. The lowest BCUT2D eigenvalue weighted by molar-refractivity contribution is 0.598. The van der Waals surface area contributed by atoms with Gasteiger partial charge in [-0.1, -0.05) is 12.1 Å². The predicted molar refractivity (Wildman–Crippen MR) is 98.2 cm³/mol. The van der Waals surface area contributed by atoms with E-state index in [0.29, 0.717) is 6.54 Å². The summed E-state index contributed by atoms with van der Waals surface area (Å²) in [4.78, 5) is 11.5. The Kier molecular flexibility index (Phi) is 5.19. The minimum absolute atomic E-state index is 0.130. The van der Waals surface area contributed by atoms with Gasteiger partial charge >= 0.3 is 0 Å². The third-order valence-electron chi connectivity index (χ3n) is 4.20. The number of anilines is 2. The Hall–Kier alpha value is -2.19. The van der Waals surface area contributed by atoms with Crippen LogP contribution in [0, 0.1) is 6.92 Å². The standard InChI is InChI=1S/C17H23N5O2S/c1-13-12-16(21-17(20-13)22-10-2-3-11-22)19-9-8-14-4-6-15(7-5-14)25(18,23)24/h4-7,12H,2-3,8-11H2,1H3,(H2,18,23,24)(H,19,20,21). The van der Waals surface area contributed by atoms with Gasteiger partial charge in [-0.15, -0.1) is 0 Å². The van der Waals surface area contributed by atoms with Gasteiger partial charge < -0.3 is 10.2 Å². The summed E-state index contributed by atoms with van der Waals surface area (Å²) in [5.41, 5.74) is 1.97. The van der Waals surface area contributed by atoms with Gasteiger partial charge in [0, 0.05) is 31.4 Å². The third-order valence-corrected chi connectivity index (χ3v) is 5.13. The normalized spacial score (nSPS) is 14.7. The molecule has 0 unspecified atom stereocenters. The van der Waals surface area contributed by atoms with Crippen molar-refractivity contribution in [1.82, 2.24) is 9.97 Å². The number of benzene rings is 1. The van der Waals surface area contributed by atoms with Crippen LogP contribution in [0.15, 0.2) is 35.2 Å². The van der Waals surface area contributed by atoms with E-state index in [0.717, 1.165) is 42.5 Å². The van der Waals surface area contributed by atoms with Crippen molar-refractivity contribution in [2.45, 2.75) is 31.1 Å². The van der Waals surface area contributed by atoms with Gasteiger partial charge in [0.2, 0.25) is 16.0 Å². The van der Waals surface area contributed by atoms with E-state index in [1.807, 2.05) is 13.0 Å². The highest BCUT2D eigenvalue weighted by molar-refractivity contribution is 7.89. The summed E-state index contributed by atoms with van der Waals surface area (Å²) >= 11 is 0. The van der Waals surface area contributed by atoms with Crippen LogP contribution >= 0.6 is 0 Å². The van der Waals surface area contributed by atoms with Crippen LogP contribution in [0.25, 0.3) is 0 Å². The SMILES string of the molecule is Cc1cc(NCCc2ccc(S(N)(=O)=O)cc2)nc(N2CCCC2)n1. The first-order valence-electron chi connectivity index (χ1n) is 8.38. The van der Waals surface area contributed by atoms with Crippen molar-refractivity contribution >= 4 is 21.8 Å². The van der Waals surface area contributed by atoms with Crippen LogP contribution in [0.2, 0.25) is 0 Å². The molecule has 7 nitrogen and oxygen atoms in total. The predicted octanol–water partition coefficient (Wildman–Crippen LogP) is 1.69. The van der Waals surface area contributed by atoms with Gasteiger partial charge in [-0.25, -0.2) is 18.5 Å². The number of sulfonamides is 1. The van der Waals surface area contributed by atoms with Crippen LogP contribution in [-0.4, -0.2) is 38.0 Å². The lowest BCUT2D eigenvalue weighted by Gasteiger charge is -2.17. The molecule has 1 fully saturated rings. The van der Waals surface area contributed by atoms with E-state index in [4.69, 9.17) is 5.14 Å². The Morgan fingerprint density at radius 1 is 1.16 bits per heavy atom. The highest BCUT2D eigenvalue weighted by atomic mass is 32.2. The molecular weight excluding hydrogens is 338 g/mol. The number of nitrogens with one attached hydrogen (secondary N) is 1.